The lowest BCUT2D eigenvalue weighted by Gasteiger charge is -2.24. The zero-order chi connectivity index (χ0) is 26.6. The average Bonchev–Trinajstić information content (AvgIpc) is 3.08. The van der Waals surface area contributed by atoms with Crippen molar-refractivity contribution in [2.45, 2.75) is 64.4 Å². The number of hydrogen-bond donors (Lipinski definition) is 3. The van der Waals surface area contributed by atoms with Gasteiger partial charge in [-0.15, -0.1) is 0 Å². The summed E-state index contributed by atoms with van der Waals surface area (Å²) in [6.45, 7) is 5.45. The lowest BCUT2D eigenvalue weighted by atomic mass is 10.1. The fourth-order valence-electron chi connectivity index (χ4n) is 3.35. The summed E-state index contributed by atoms with van der Waals surface area (Å²) in [5, 5.41) is 12.8. The number of nitrogens with one attached hydrogen (secondary N) is 2. The van der Waals surface area contributed by atoms with E-state index >= 15 is 0 Å². The zero-order valence-electron chi connectivity index (χ0n) is 20.1. The van der Waals surface area contributed by atoms with Crippen LogP contribution in [0.5, 0.6) is 5.75 Å². The van der Waals surface area contributed by atoms with Gasteiger partial charge in [-0.1, -0.05) is 18.2 Å². The number of aliphatic hydroxyl groups excluding tert-OH is 1. The van der Waals surface area contributed by atoms with Crippen molar-refractivity contribution < 1.29 is 37.4 Å². The largest absolute Gasteiger partial charge is 0.462 e. The van der Waals surface area contributed by atoms with Crippen molar-refractivity contribution in [3.8, 4) is 5.75 Å². The Bertz CT molecular complexity index is 1220. The second-order valence-corrected chi connectivity index (χ2v) is 10.2. The van der Waals surface area contributed by atoms with Gasteiger partial charge < -0.3 is 19.1 Å². The fourth-order valence-corrected chi connectivity index (χ4v) is 4.86. The van der Waals surface area contributed by atoms with Gasteiger partial charge in [-0.2, -0.15) is 5.09 Å². The molecule has 1 fully saturated rings. The number of ether oxygens (including phenoxy) is 2. The Kier molecular flexibility index (Phi) is 8.85. The number of carbonyl (C=O) groups excluding carboxylic acids is 1. The van der Waals surface area contributed by atoms with E-state index in [0.29, 0.717) is 0 Å². The van der Waals surface area contributed by atoms with Crippen LogP contribution in [-0.4, -0.2) is 57.8 Å². The van der Waals surface area contributed by atoms with E-state index in [0.717, 1.165) is 10.8 Å². The molecule has 0 radical (unpaired) electrons. The number of alkyl halides is 1. The van der Waals surface area contributed by atoms with Gasteiger partial charge in [0.05, 0.1) is 12.7 Å². The van der Waals surface area contributed by atoms with Crippen molar-refractivity contribution in [2.24, 2.45) is 0 Å². The van der Waals surface area contributed by atoms with E-state index in [1.54, 1.807) is 32.0 Å². The van der Waals surface area contributed by atoms with Crippen LogP contribution in [0, 0.1) is 6.92 Å². The van der Waals surface area contributed by atoms with Gasteiger partial charge in [-0.25, -0.2) is 13.8 Å². The molecule has 1 aliphatic rings. The second kappa shape index (κ2) is 11.5. The highest BCUT2D eigenvalue weighted by Crippen LogP contribution is 2.46. The molecule has 2 unspecified atom stereocenters. The number of aryl methyl sites for hydroxylation is 1. The Morgan fingerprint density at radius 1 is 1.28 bits per heavy atom. The maximum absolute atomic E-state index is 14.9. The van der Waals surface area contributed by atoms with Crippen molar-refractivity contribution in [2.75, 3.05) is 6.61 Å². The number of benzene rings is 1. The lowest BCUT2D eigenvalue weighted by Crippen LogP contribution is -2.37. The van der Waals surface area contributed by atoms with Crippen LogP contribution in [0.4, 0.5) is 4.39 Å². The second-order valence-electron chi connectivity index (χ2n) is 8.51. The van der Waals surface area contributed by atoms with Crippen LogP contribution in [0.1, 0.15) is 32.6 Å². The van der Waals surface area contributed by atoms with Gasteiger partial charge >= 0.3 is 19.4 Å². The summed E-state index contributed by atoms with van der Waals surface area (Å²) < 4.78 is 50.8. The van der Waals surface area contributed by atoms with Crippen LogP contribution >= 0.6 is 7.75 Å². The van der Waals surface area contributed by atoms with Crippen LogP contribution in [-0.2, 0) is 23.4 Å². The van der Waals surface area contributed by atoms with E-state index in [2.05, 4.69) is 10.1 Å². The molecule has 14 heteroatoms. The Morgan fingerprint density at radius 3 is 2.58 bits per heavy atom. The zero-order valence-corrected chi connectivity index (χ0v) is 21.0. The number of nitrogens with zero attached hydrogens (tertiary/aromatic N) is 1. The Morgan fingerprint density at radius 2 is 1.94 bits per heavy atom. The quantitative estimate of drug-likeness (QED) is 0.305. The van der Waals surface area contributed by atoms with Gasteiger partial charge in [0, 0.05) is 11.8 Å². The third-order valence-electron chi connectivity index (χ3n) is 5.14. The molecule has 6 atom stereocenters. The molecule has 1 aromatic carbocycles. The van der Waals surface area contributed by atoms with Gasteiger partial charge in [0.1, 0.15) is 24.0 Å². The number of rotatable bonds is 10. The molecule has 3 rings (SSSR count). The predicted octanol–water partition coefficient (Wildman–Crippen LogP) is 1.57. The molecule has 0 spiro atoms. The summed E-state index contributed by atoms with van der Waals surface area (Å²) in [5.41, 5.74) is -1.39. The Balaban J connectivity index is 1.77. The summed E-state index contributed by atoms with van der Waals surface area (Å²) in [4.78, 5) is 38.1. The molecular formula is C22H29FN3O9P. The Labute approximate surface area is 205 Å². The van der Waals surface area contributed by atoms with E-state index < -0.39 is 68.3 Å². The topological polar surface area (TPSA) is 158 Å². The molecule has 2 heterocycles. The molecule has 0 bridgehead atoms. The number of aromatic nitrogens is 2. The highest BCUT2D eigenvalue weighted by Gasteiger charge is 2.47. The highest BCUT2D eigenvalue weighted by molar-refractivity contribution is 7.52. The first kappa shape index (κ1) is 27.8. The first-order chi connectivity index (χ1) is 16.9. The van der Waals surface area contributed by atoms with Gasteiger partial charge in [0.25, 0.3) is 5.56 Å². The van der Waals surface area contributed by atoms with Crippen LogP contribution in [0.15, 0.2) is 46.1 Å². The maximum Gasteiger partial charge on any atom is 0.459 e. The number of halogens is 1. The molecule has 0 saturated carbocycles. The SMILES string of the molecule is Cc1cn([C@@H]2O[C@H](COP(=O)(N[C@@H](C)C(=O)OC(C)C)Oc3ccccc3)C(F)[C@@H]2O)c(=O)[nH]c1=O. The number of para-hydroxylation sites is 1. The number of aromatic amines is 1. The van der Waals surface area contributed by atoms with Crippen molar-refractivity contribution >= 4 is 13.7 Å². The summed E-state index contributed by atoms with van der Waals surface area (Å²) in [6, 6.07) is 6.84. The van der Waals surface area contributed by atoms with Gasteiger partial charge in [-0.3, -0.25) is 23.7 Å². The summed E-state index contributed by atoms with van der Waals surface area (Å²) >= 11 is 0. The van der Waals surface area contributed by atoms with E-state index in [1.807, 2.05) is 0 Å². The minimum Gasteiger partial charge on any atom is -0.462 e. The number of esters is 1. The Hall–Kier alpha value is -2.83. The molecule has 1 aromatic heterocycles. The predicted molar refractivity (Wildman–Crippen MR) is 125 cm³/mol. The summed E-state index contributed by atoms with van der Waals surface area (Å²) in [7, 11) is -4.30. The molecule has 0 aliphatic carbocycles. The van der Waals surface area contributed by atoms with Gasteiger partial charge in [0.15, 0.2) is 12.4 Å². The summed E-state index contributed by atoms with van der Waals surface area (Å²) in [5.74, 6) is -0.565. The van der Waals surface area contributed by atoms with Gasteiger partial charge in [-0.05, 0) is 39.8 Å². The van der Waals surface area contributed by atoms with Gasteiger partial charge in [0.2, 0.25) is 0 Å². The van der Waals surface area contributed by atoms with E-state index in [4.69, 9.17) is 18.5 Å². The van der Waals surface area contributed by atoms with Crippen LogP contribution in [0.25, 0.3) is 0 Å². The minimum absolute atomic E-state index is 0.146. The number of hydrogen-bond acceptors (Lipinski definition) is 9. The van der Waals surface area contributed by atoms with Crippen molar-refractivity contribution in [1.82, 2.24) is 14.6 Å². The maximum atomic E-state index is 14.9. The van der Waals surface area contributed by atoms with Crippen molar-refractivity contribution in [3.05, 3.63) is 62.9 Å². The average molecular weight is 529 g/mol. The molecule has 2 aromatic rings. The smallest absolute Gasteiger partial charge is 0.459 e. The van der Waals surface area contributed by atoms with E-state index in [-0.39, 0.29) is 11.3 Å². The third-order valence-corrected chi connectivity index (χ3v) is 6.79. The fraction of sp³-hybridized carbons (Fsp3) is 0.500. The van der Waals surface area contributed by atoms with Crippen molar-refractivity contribution in [1.29, 1.82) is 0 Å². The first-order valence-corrected chi connectivity index (χ1v) is 12.7. The lowest BCUT2D eigenvalue weighted by molar-refractivity contribution is -0.149. The molecule has 198 valence electrons. The molecule has 12 nitrogen and oxygen atoms in total. The van der Waals surface area contributed by atoms with Crippen LogP contribution < -0.4 is 20.9 Å². The molecule has 0 amide bonds. The minimum atomic E-state index is -4.30. The first-order valence-electron chi connectivity index (χ1n) is 11.2. The molecule has 1 aliphatic heterocycles. The number of carbonyl (C=O) groups is 1. The molecule has 1 saturated heterocycles. The van der Waals surface area contributed by atoms with Crippen LogP contribution in [0.3, 0.4) is 0 Å². The highest BCUT2D eigenvalue weighted by atomic mass is 31.2. The van der Waals surface area contributed by atoms with Crippen molar-refractivity contribution in [3.63, 3.8) is 0 Å². The molecule has 3 N–H and O–H groups in total. The normalized spacial score (nSPS) is 24.3. The monoisotopic (exact) mass is 529 g/mol. The van der Waals surface area contributed by atoms with E-state index in [1.165, 1.54) is 26.0 Å². The number of aliphatic hydroxyl groups is 1. The standard InChI is InChI=1S/C22H29FN3O9P/c1-12(2)33-21(29)14(4)25-36(31,35-15-8-6-5-7-9-15)32-11-16-17(23)18(27)20(34-16)26-10-13(3)19(28)24-22(26)30/h5-10,12,14,16-18,20,27H,11H2,1-4H3,(H,25,31)(H,24,28,30)/t14-,16+,17?,18-,20+,36?/m0/s1. The summed E-state index contributed by atoms with van der Waals surface area (Å²) in [6.07, 6.45) is -6.05. The van der Waals surface area contributed by atoms with Crippen LogP contribution in [0.2, 0.25) is 0 Å². The number of H-pyrrole nitrogens is 1. The molecule has 36 heavy (non-hydrogen) atoms. The van der Waals surface area contributed by atoms with E-state index in [9.17, 15) is 28.4 Å². The third kappa shape index (κ3) is 6.68. The molecular weight excluding hydrogens is 500 g/mol.